The van der Waals surface area contributed by atoms with Crippen molar-refractivity contribution in [3.63, 3.8) is 0 Å². The summed E-state index contributed by atoms with van der Waals surface area (Å²) in [6.07, 6.45) is 2.57. The van der Waals surface area contributed by atoms with E-state index in [9.17, 15) is 14.7 Å². The zero-order chi connectivity index (χ0) is 20.7. The number of piperidine rings is 1. The first-order valence-corrected chi connectivity index (χ1v) is 10.5. The van der Waals surface area contributed by atoms with E-state index in [4.69, 9.17) is 0 Å². The summed E-state index contributed by atoms with van der Waals surface area (Å²) in [7, 11) is 0. The maximum absolute atomic E-state index is 12.9. The third-order valence-corrected chi connectivity index (χ3v) is 6.40. The number of aryl methyl sites for hydroxylation is 2. The number of fused-ring (bicyclic) bond motifs is 1. The van der Waals surface area contributed by atoms with Crippen molar-refractivity contribution < 1.29 is 9.90 Å². The summed E-state index contributed by atoms with van der Waals surface area (Å²) in [5.41, 5.74) is -0.334. The van der Waals surface area contributed by atoms with E-state index in [1.807, 2.05) is 39.5 Å². The second-order valence-corrected chi connectivity index (χ2v) is 10.1. The van der Waals surface area contributed by atoms with Gasteiger partial charge in [0.2, 0.25) is 5.91 Å². The van der Waals surface area contributed by atoms with Crippen molar-refractivity contribution >= 4 is 27.5 Å². The van der Waals surface area contributed by atoms with Crippen molar-refractivity contribution in [1.82, 2.24) is 19.8 Å². The molecule has 1 fully saturated rings. The number of nitrogens with zero attached hydrogens (tertiary/aromatic N) is 3. The molecule has 1 saturated heterocycles. The van der Waals surface area contributed by atoms with Gasteiger partial charge in [0.05, 0.1) is 30.4 Å². The summed E-state index contributed by atoms with van der Waals surface area (Å²) >= 11 is 1.52. The Morgan fingerprint density at radius 2 is 1.96 bits per heavy atom. The lowest BCUT2D eigenvalue weighted by molar-refractivity contribution is -0.125. The number of carbonyl (C=O) groups excluding carboxylic acids is 1. The molecule has 154 valence electrons. The molecule has 1 amide bonds. The van der Waals surface area contributed by atoms with E-state index in [-0.39, 0.29) is 23.6 Å². The highest BCUT2D eigenvalue weighted by molar-refractivity contribution is 7.18. The smallest absolute Gasteiger partial charge is 0.262 e. The van der Waals surface area contributed by atoms with Gasteiger partial charge >= 0.3 is 0 Å². The molecule has 1 aliphatic rings. The SMILES string of the molecule is Cc1sc2ncn(CC3(O)CCN(CC(=O)NC(C)(C)C)CC3)c(=O)c2c1C. The van der Waals surface area contributed by atoms with Crippen LogP contribution in [0.1, 0.15) is 44.1 Å². The summed E-state index contributed by atoms with van der Waals surface area (Å²) in [4.78, 5) is 33.3. The summed E-state index contributed by atoms with van der Waals surface area (Å²) < 4.78 is 1.53. The molecule has 7 nitrogen and oxygen atoms in total. The fraction of sp³-hybridized carbons (Fsp3) is 0.650. The molecule has 0 aliphatic carbocycles. The minimum Gasteiger partial charge on any atom is -0.388 e. The average Bonchev–Trinajstić information content (AvgIpc) is 2.86. The van der Waals surface area contributed by atoms with E-state index in [1.54, 1.807) is 6.33 Å². The van der Waals surface area contributed by atoms with Crippen LogP contribution in [0.2, 0.25) is 0 Å². The normalized spacial score (nSPS) is 17.8. The summed E-state index contributed by atoms with van der Waals surface area (Å²) in [5, 5.41) is 14.6. The van der Waals surface area contributed by atoms with Gasteiger partial charge in [-0.3, -0.25) is 19.1 Å². The van der Waals surface area contributed by atoms with Crippen molar-refractivity contribution in [1.29, 1.82) is 0 Å². The van der Waals surface area contributed by atoms with Gasteiger partial charge in [-0.15, -0.1) is 11.3 Å². The highest BCUT2D eigenvalue weighted by Crippen LogP contribution is 2.27. The minimum absolute atomic E-state index is 0.00730. The zero-order valence-corrected chi connectivity index (χ0v) is 18.2. The fourth-order valence-electron chi connectivity index (χ4n) is 3.65. The molecule has 0 atom stereocenters. The monoisotopic (exact) mass is 406 g/mol. The Hall–Kier alpha value is -1.77. The molecule has 3 heterocycles. The molecule has 0 spiro atoms. The van der Waals surface area contributed by atoms with Crippen LogP contribution in [-0.2, 0) is 11.3 Å². The van der Waals surface area contributed by atoms with Crippen molar-refractivity contribution in [2.24, 2.45) is 0 Å². The number of aromatic nitrogens is 2. The maximum atomic E-state index is 12.9. The second kappa shape index (κ2) is 7.57. The molecular weight excluding hydrogens is 376 g/mol. The average molecular weight is 407 g/mol. The van der Waals surface area contributed by atoms with E-state index in [1.165, 1.54) is 15.9 Å². The first-order valence-electron chi connectivity index (χ1n) is 9.68. The third-order valence-electron chi connectivity index (χ3n) is 5.29. The molecule has 28 heavy (non-hydrogen) atoms. The lowest BCUT2D eigenvalue weighted by Crippen LogP contribution is -2.51. The molecule has 2 N–H and O–H groups in total. The van der Waals surface area contributed by atoms with Gasteiger partial charge < -0.3 is 10.4 Å². The molecule has 0 aromatic carbocycles. The first kappa shape index (κ1) is 21.0. The molecule has 0 saturated carbocycles. The number of likely N-dealkylation sites (tertiary alicyclic amines) is 1. The van der Waals surface area contributed by atoms with Gasteiger partial charge in [-0.05, 0) is 53.0 Å². The van der Waals surface area contributed by atoms with Gasteiger partial charge in [0.1, 0.15) is 4.83 Å². The minimum atomic E-state index is -0.963. The van der Waals surface area contributed by atoms with Crippen molar-refractivity contribution in [2.75, 3.05) is 19.6 Å². The highest BCUT2D eigenvalue weighted by atomic mass is 32.1. The molecule has 2 aromatic heterocycles. The number of nitrogens with one attached hydrogen (secondary N) is 1. The highest BCUT2D eigenvalue weighted by Gasteiger charge is 2.34. The van der Waals surface area contributed by atoms with E-state index >= 15 is 0 Å². The predicted molar refractivity (Wildman–Crippen MR) is 112 cm³/mol. The van der Waals surface area contributed by atoms with Crippen LogP contribution >= 0.6 is 11.3 Å². The number of amides is 1. The van der Waals surface area contributed by atoms with Crippen molar-refractivity contribution in [3.05, 3.63) is 27.1 Å². The van der Waals surface area contributed by atoms with E-state index < -0.39 is 5.60 Å². The molecule has 2 aromatic rings. The lowest BCUT2D eigenvalue weighted by atomic mass is 9.91. The van der Waals surface area contributed by atoms with Crippen LogP contribution in [0.4, 0.5) is 0 Å². The predicted octanol–water partition coefficient (Wildman–Crippen LogP) is 1.82. The lowest BCUT2D eigenvalue weighted by Gasteiger charge is -2.38. The van der Waals surface area contributed by atoms with Gasteiger partial charge in [0.15, 0.2) is 0 Å². The molecule has 0 radical (unpaired) electrons. The topological polar surface area (TPSA) is 87.5 Å². The molecular formula is C20H30N4O3S. The number of thiophene rings is 1. The van der Waals surface area contributed by atoms with Gasteiger partial charge in [-0.25, -0.2) is 4.98 Å². The number of rotatable bonds is 4. The van der Waals surface area contributed by atoms with Crippen LogP contribution in [0, 0.1) is 13.8 Å². The summed E-state index contributed by atoms with van der Waals surface area (Å²) in [6.45, 7) is 11.6. The Bertz CT molecular complexity index is 933. The summed E-state index contributed by atoms with van der Waals surface area (Å²) in [5.74, 6) is -0.00730. The summed E-state index contributed by atoms with van der Waals surface area (Å²) in [6, 6.07) is 0. The molecule has 3 rings (SSSR count). The Morgan fingerprint density at radius 3 is 2.57 bits per heavy atom. The van der Waals surface area contributed by atoms with E-state index in [0.29, 0.717) is 37.9 Å². The number of aliphatic hydroxyl groups is 1. The van der Waals surface area contributed by atoms with Crippen LogP contribution in [0.15, 0.2) is 11.1 Å². The Kier molecular flexibility index (Phi) is 5.67. The zero-order valence-electron chi connectivity index (χ0n) is 17.3. The van der Waals surface area contributed by atoms with Crippen LogP contribution < -0.4 is 10.9 Å². The van der Waals surface area contributed by atoms with Crippen LogP contribution in [0.25, 0.3) is 10.2 Å². The number of carbonyl (C=O) groups is 1. The molecule has 1 aliphatic heterocycles. The number of hydrogen-bond donors (Lipinski definition) is 2. The van der Waals surface area contributed by atoms with Crippen molar-refractivity contribution in [2.45, 2.75) is 65.1 Å². The van der Waals surface area contributed by atoms with Crippen molar-refractivity contribution in [3.8, 4) is 0 Å². The van der Waals surface area contributed by atoms with Crippen LogP contribution in [-0.4, -0.2) is 56.2 Å². The largest absolute Gasteiger partial charge is 0.388 e. The van der Waals surface area contributed by atoms with E-state index in [0.717, 1.165) is 15.3 Å². The van der Waals surface area contributed by atoms with Gasteiger partial charge in [-0.2, -0.15) is 0 Å². The first-order chi connectivity index (χ1) is 13.0. The van der Waals surface area contributed by atoms with Gasteiger partial charge in [0, 0.05) is 23.5 Å². The maximum Gasteiger partial charge on any atom is 0.262 e. The number of hydrogen-bond acceptors (Lipinski definition) is 6. The Labute approximate surface area is 169 Å². The fourth-order valence-corrected chi connectivity index (χ4v) is 4.63. The Morgan fingerprint density at radius 1 is 1.32 bits per heavy atom. The Balaban J connectivity index is 1.66. The third kappa shape index (κ3) is 4.61. The van der Waals surface area contributed by atoms with Gasteiger partial charge in [0.25, 0.3) is 5.56 Å². The van der Waals surface area contributed by atoms with E-state index in [2.05, 4.69) is 10.3 Å². The van der Waals surface area contributed by atoms with Crippen LogP contribution in [0.3, 0.4) is 0 Å². The standard InChI is InChI=1S/C20H30N4O3S/c1-13-14(2)28-17-16(13)18(26)24(12-21-17)11-20(27)6-8-23(9-7-20)10-15(25)22-19(3,4)5/h12,27H,6-11H2,1-5H3,(H,22,25). The second-order valence-electron chi connectivity index (χ2n) is 8.94. The molecule has 0 bridgehead atoms. The molecule has 0 unspecified atom stereocenters. The quantitative estimate of drug-likeness (QED) is 0.809. The van der Waals surface area contributed by atoms with Crippen LogP contribution in [0.5, 0.6) is 0 Å². The van der Waals surface area contributed by atoms with Gasteiger partial charge in [-0.1, -0.05) is 0 Å². The molecule has 8 heteroatoms.